The van der Waals surface area contributed by atoms with Crippen molar-refractivity contribution in [1.82, 2.24) is 10.3 Å². The Morgan fingerprint density at radius 1 is 1.39 bits per heavy atom. The van der Waals surface area contributed by atoms with Gasteiger partial charge in [0, 0.05) is 17.9 Å². The number of aromatic hydroxyl groups is 1. The molecular formula is C20H20KN5O2. The largest absolute Gasteiger partial charge is 1.00 e. The molecule has 0 saturated carbocycles. The van der Waals surface area contributed by atoms with Gasteiger partial charge in [0.25, 0.3) is 5.91 Å². The van der Waals surface area contributed by atoms with E-state index in [2.05, 4.69) is 26.8 Å². The van der Waals surface area contributed by atoms with Crippen molar-refractivity contribution in [2.24, 2.45) is 4.99 Å². The predicted molar refractivity (Wildman–Crippen MR) is 104 cm³/mol. The van der Waals surface area contributed by atoms with E-state index in [9.17, 15) is 9.90 Å². The molecule has 0 fully saturated rings. The Morgan fingerprint density at radius 3 is 2.89 bits per heavy atom. The van der Waals surface area contributed by atoms with Crippen LogP contribution < -0.4 is 62.0 Å². The number of rotatable bonds is 6. The molecule has 0 spiro atoms. The summed E-state index contributed by atoms with van der Waals surface area (Å²) in [5, 5.41) is 15.4. The molecule has 0 bridgehead atoms. The Kier molecular flexibility index (Phi) is 8.40. The number of amides is 1. The average molecular weight is 402 g/mol. The second-order valence-electron chi connectivity index (χ2n) is 6.13. The van der Waals surface area contributed by atoms with Crippen LogP contribution in [0, 0.1) is 12.7 Å². The van der Waals surface area contributed by atoms with Gasteiger partial charge in [0.2, 0.25) is 0 Å². The molecule has 0 radical (unpaired) electrons. The van der Waals surface area contributed by atoms with E-state index in [1.165, 1.54) is 18.5 Å². The molecule has 1 aliphatic heterocycles. The summed E-state index contributed by atoms with van der Waals surface area (Å²) in [4.78, 5) is 20.3. The Bertz CT molecular complexity index is 940. The number of nitrogens with one attached hydrogen (secondary N) is 2. The molecule has 1 aromatic carbocycles. The molecule has 3 rings (SSSR count). The molecule has 138 valence electrons. The van der Waals surface area contributed by atoms with E-state index < -0.39 is 0 Å². The van der Waals surface area contributed by atoms with Gasteiger partial charge in [-0.25, -0.2) is 0 Å². The molecule has 0 saturated heterocycles. The van der Waals surface area contributed by atoms with Crippen molar-refractivity contribution in [1.29, 1.82) is 0 Å². The molecule has 8 heteroatoms. The number of carbonyl (C=O) groups is 1. The van der Waals surface area contributed by atoms with Gasteiger partial charge in [-0.15, -0.1) is 6.20 Å². The van der Waals surface area contributed by atoms with E-state index in [-0.39, 0.29) is 74.6 Å². The third kappa shape index (κ3) is 6.28. The summed E-state index contributed by atoms with van der Waals surface area (Å²) < 4.78 is 1.93. The van der Waals surface area contributed by atoms with Crippen molar-refractivity contribution in [2.75, 3.05) is 12.4 Å². The summed E-state index contributed by atoms with van der Waals surface area (Å²) in [6.07, 6.45) is 9.13. The van der Waals surface area contributed by atoms with Crippen molar-refractivity contribution < 1.29 is 65.9 Å². The van der Waals surface area contributed by atoms with Crippen LogP contribution in [0.1, 0.15) is 28.9 Å². The van der Waals surface area contributed by atoms with Crippen LogP contribution in [-0.4, -0.2) is 39.5 Å². The minimum Gasteiger partial charge on any atom is -0.560 e. The Balaban J connectivity index is 0.00000280. The molecular weight excluding hydrogens is 381 g/mol. The van der Waals surface area contributed by atoms with E-state index >= 15 is 0 Å². The van der Waals surface area contributed by atoms with Crippen LogP contribution in [0.15, 0.2) is 53.9 Å². The van der Waals surface area contributed by atoms with Gasteiger partial charge in [0.1, 0.15) is 12.8 Å². The van der Waals surface area contributed by atoms with Gasteiger partial charge in [-0.1, -0.05) is 12.1 Å². The maximum atomic E-state index is 12.3. The number of aromatic nitrogens is 1. The molecule has 1 aromatic heterocycles. The van der Waals surface area contributed by atoms with Crippen molar-refractivity contribution in [3.63, 3.8) is 0 Å². The molecule has 2 aromatic rings. The second-order valence-corrected chi connectivity index (χ2v) is 6.13. The summed E-state index contributed by atoms with van der Waals surface area (Å²) in [6, 6.07) is 8.85. The Labute approximate surface area is 206 Å². The van der Waals surface area contributed by atoms with Crippen LogP contribution >= 0.6 is 0 Å². The van der Waals surface area contributed by atoms with E-state index in [0.29, 0.717) is 5.69 Å². The molecule has 28 heavy (non-hydrogen) atoms. The van der Waals surface area contributed by atoms with Crippen LogP contribution in [0.25, 0.3) is 0 Å². The van der Waals surface area contributed by atoms with Gasteiger partial charge >= 0.3 is 51.4 Å². The van der Waals surface area contributed by atoms with Gasteiger partial charge in [0.15, 0.2) is 0 Å². The summed E-state index contributed by atoms with van der Waals surface area (Å²) in [5.74, 6) is -0.389. The number of benzene rings is 1. The summed E-state index contributed by atoms with van der Waals surface area (Å²) in [5.41, 5.74) is 2.82. The van der Waals surface area contributed by atoms with Crippen LogP contribution in [-0.2, 0) is 0 Å². The zero-order valence-electron chi connectivity index (χ0n) is 16.0. The number of pyridine rings is 1. The first-order valence-corrected chi connectivity index (χ1v) is 8.39. The monoisotopic (exact) mass is 401 g/mol. The third-order valence-electron chi connectivity index (χ3n) is 3.88. The normalized spacial score (nSPS) is 15.1. The molecule has 7 nitrogen and oxygen atoms in total. The second kappa shape index (κ2) is 10.5. The summed E-state index contributed by atoms with van der Waals surface area (Å²) in [6.45, 7) is 3.90. The number of hydrogen-bond acceptors (Lipinski definition) is 5. The van der Waals surface area contributed by atoms with Crippen molar-refractivity contribution in [3.05, 3.63) is 72.8 Å². The number of hydrogen-bond donors (Lipinski definition) is 3. The zero-order chi connectivity index (χ0) is 19.2. The molecule has 1 aliphatic rings. The molecule has 1 unspecified atom stereocenters. The molecule has 1 amide bonds. The van der Waals surface area contributed by atoms with Crippen molar-refractivity contribution in [2.45, 2.75) is 13.0 Å². The smallest absolute Gasteiger partial charge is 0.560 e. The first-order valence-electron chi connectivity index (χ1n) is 8.39. The van der Waals surface area contributed by atoms with Gasteiger partial charge in [0.05, 0.1) is 30.2 Å². The topological polar surface area (TPSA) is 89.6 Å². The fourth-order valence-corrected chi connectivity index (χ4v) is 2.47. The maximum absolute atomic E-state index is 12.3. The average Bonchev–Trinajstić information content (AvgIpc) is 2.63. The fourth-order valence-electron chi connectivity index (χ4n) is 2.47. The molecule has 1 atom stereocenters. The van der Waals surface area contributed by atoms with Crippen LogP contribution in [0.3, 0.4) is 0 Å². The molecule has 3 N–H and O–H groups in total. The predicted octanol–water partition coefficient (Wildman–Crippen LogP) is -0.702. The van der Waals surface area contributed by atoms with E-state index in [0.717, 1.165) is 11.3 Å². The Morgan fingerprint density at radius 2 is 2.18 bits per heavy atom. The fraction of sp³-hybridized carbons (Fsp3) is 0.150. The minimum absolute atomic E-state index is 0. The van der Waals surface area contributed by atoms with Crippen LogP contribution in [0.2, 0.25) is 0 Å². The zero-order valence-corrected chi connectivity index (χ0v) is 19.2. The summed E-state index contributed by atoms with van der Waals surface area (Å²) >= 11 is 0. The number of carbonyl (C=O) groups excluding carboxylic acids is 1. The van der Waals surface area contributed by atoms with Crippen LogP contribution in [0.4, 0.5) is 5.69 Å². The van der Waals surface area contributed by atoms with E-state index in [1.54, 1.807) is 12.3 Å². The minimum atomic E-state index is -0.337. The first kappa shape index (κ1) is 22.3. The van der Waals surface area contributed by atoms with Gasteiger partial charge in [-0.05, 0) is 30.7 Å². The standard InChI is InChI=1S/C20H20N5O2.K/c1-14(22-6-7-23-18-12-25(2)13-18)15-4-3-5-17(8-15)24-20(27)16-9-19(26)11-21-10-16;/h3-5,7-14,22,26H,1-2H3,(H,24,27);/q-1;+1. The van der Waals surface area contributed by atoms with E-state index in [1.807, 2.05) is 49.5 Å². The molecule has 2 heterocycles. The van der Waals surface area contributed by atoms with Crippen molar-refractivity contribution in [3.8, 4) is 5.75 Å². The number of aliphatic imine (C=N–C) groups is 1. The Hall–Kier alpha value is -1.97. The quantitative estimate of drug-likeness (QED) is 0.258. The SMILES string of the molecule is CC(N[C-]=CN=C1C=[N+](C)[CH-]1)c1cccc(NC(=O)c2cncc(O)c2)c1.[K+]. The van der Waals surface area contributed by atoms with E-state index in [4.69, 9.17) is 0 Å². The summed E-state index contributed by atoms with van der Waals surface area (Å²) in [7, 11) is 1.94. The van der Waals surface area contributed by atoms with Gasteiger partial charge in [-0.3, -0.25) is 9.78 Å². The first-order chi connectivity index (χ1) is 13.0. The molecule has 0 aliphatic carbocycles. The van der Waals surface area contributed by atoms with Gasteiger partial charge < -0.3 is 31.5 Å². The van der Waals surface area contributed by atoms with Gasteiger partial charge in [-0.2, -0.15) is 0 Å². The van der Waals surface area contributed by atoms with Crippen LogP contribution in [0.5, 0.6) is 5.75 Å². The maximum Gasteiger partial charge on any atom is 1.00 e. The number of anilines is 1. The van der Waals surface area contributed by atoms with Crippen molar-refractivity contribution >= 4 is 23.5 Å². The number of nitrogens with zero attached hydrogens (tertiary/aromatic N) is 3. The third-order valence-corrected chi connectivity index (χ3v) is 3.88.